The predicted octanol–water partition coefficient (Wildman–Crippen LogP) is 3.72. The average molecular weight is 326 g/mol. The van der Waals surface area contributed by atoms with Crippen molar-refractivity contribution in [3.63, 3.8) is 0 Å². The van der Waals surface area contributed by atoms with Crippen LogP contribution in [-0.2, 0) is 6.42 Å². The van der Waals surface area contributed by atoms with E-state index in [-0.39, 0.29) is 0 Å². The van der Waals surface area contributed by atoms with Crippen molar-refractivity contribution in [1.29, 1.82) is 0 Å². The van der Waals surface area contributed by atoms with Gasteiger partial charge in [0, 0.05) is 23.5 Å². The molecular weight excluding hydrogens is 314 g/mol. The molecule has 114 valence electrons. The lowest BCUT2D eigenvalue weighted by Gasteiger charge is -2.01. The van der Waals surface area contributed by atoms with Crippen LogP contribution in [0.2, 0.25) is 5.02 Å². The zero-order valence-electron chi connectivity index (χ0n) is 12.3. The van der Waals surface area contributed by atoms with Crippen LogP contribution in [0.3, 0.4) is 0 Å². The Morgan fingerprint density at radius 2 is 2.13 bits per heavy atom. The van der Waals surface area contributed by atoms with Crippen LogP contribution >= 0.6 is 11.6 Å². The number of rotatable bonds is 2. The van der Waals surface area contributed by atoms with Crippen molar-refractivity contribution in [2.75, 3.05) is 0 Å². The molecule has 0 radical (unpaired) electrons. The van der Waals surface area contributed by atoms with Crippen LogP contribution in [0.4, 0.5) is 0 Å². The van der Waals surface area contributed by atoms with Gasteiger partial charge in [-0.3, -0.25) is 0 Å². The van der Waals surface area contributed by atoms with Crippen LogP contribution in [0, 0.1) is 0 Å². The molecule has 0 aliphatic rings. The molecule has 6 heteroatoms. The van der Waals surface area contributed by atoms with E-state index < -0.39 is 5.63 Å². The second-order valence-electron chi connectivity index (χ2n) is 5.21. The molecule has 0 unspecified atom stereocenters. The highest BCUT2D eigenvalue weighted by molar-refractivity contribution is 6.33. The SMILES string of the molecule is CCc1ccc2cc(-c3cn4cccc(Cl)c4n3)c(=O)oc2n1. The molecule has 4 aromatic rings. The largest absolute Gasteiger partial charge is 0.403 e. The van der Waals surface area contributed by atoms with E-state index in [1.165, 1.54) is 0 Å². The van der Waals surface area contributed by atoms with Gasteiger partial charge in [-0.05, 0) is 36.8 Å². The summed E-state index contributed by atoms with van der Waals surface area (Å²) in [5, 5.41) is 1.29. The topological polar surface area (TPSA) is 60.4 Å². The molecule has 0 N–H and O–H groups in total. The lowest BCUT2D eigenvalue weighted by molar-refractivity contribution is 0.550. The molecule has 0 spiro atoms. The summed E-state index contributed by atoms with van der Waals surface area (Å²) in [5.74, 6) is 0. The Morgan fingerprint density at radius 3 is 2.91 bits per heavy atom. The summed E-state index contributed by atoms with van der Waals surface area (Å²) in [6, 6.07) is 9.15. The lowest BCUT2D eigenvalue weighted by Crippen LogP contribution is -2.04. The van der Waals surface area contributed by atoms with Gasteiger partial charge in [-0.25, -0.2) is 14.8 Å². The first kappa shape index (κ1) is 14.0. The van der Waals surface area contributed by atoms with Gasteiger partial charge in [0.15, 0.2) is 5.65 Å². The van der Waals surface area contributed by atoms with Crippen LogP contribution in [0.15, 0.2) is 51.9 Å². The summed E-state index contributed by atoms with van der Waals surface area (Å²) in [4.78, 5) is 21.1. The van der Waals surface area contributed by atoms with Gasteiger partial charge >= 0.3 is 5.63 Å². The van der Waals surface area contributed by atoms with Gasteiger partial charge in [0.25, 0.3) is 0 Å². The minimum absolute atomic E-state index is 0.347. The molecule has 5 nitrogen and oxygen atoms in total. The van der Waals surface area contributed by atoms with E-state index in [0.29, 0.717) is 27.6 Å². The van der Waals surface area contributed by atoms with Crippen LogP contribution in [0.5, 0.6) is 0 Å². The van der Waals surface area contributed by atoms with Gasteiger partial charge in [0.05, 0.1) is 16.3 Å². The fraction of sp³-hybridized carbons (Fsp3) is 0.118. The number of pyridine rings is 2. The molecule has 0 aromatic carbocycles. The van der Waals surface area contributed by atoms with Crippen LogP contribution in [-0.4, -0.2) is 14.4 Å². The maximum Gasteiger partial charge on any atom is 0.347 e. The summed E-state index contributed by atoms with van der Waals surface area (Å²) in [6.07, 6.45) is 4.37. The normalized spacial score (nSPS) is 11.4. The molecule has 4 aromatic heterocycles. The van der Waals surface area contributed by atoms with Gasteiger partial charge in [-0.15, -0.1) is 0 Å². The number of aromatic nitrogens is 3. The van der Waals surface area contributed by atoms with Crippen molar-refractivity contribution in [1.82, 2.24) is 14.4 Å². The molecule has 0 amide bonds. The summed E-state index contributed by atoms with van der Waals surface area (Å²) >= 11 is 6.13. The maximum absolute atomic E-state index is 12.3. The lowest BCUT2D eigenvalue weighted by atomic mass is 10.1. The quantitative estimate of drug-likeness (QED) is 0.563. The Kier molecular flexibility index (Phi) is 3.16. The molecule has 4 heterocycles. The third-order valence-electron chi connectivity index (χ3n) is 3.73. The molecule has 0 aliphatic carbocycles. The summed E-state index contributed by atoms with van der Waals surface area (Å²) in [7, 11) is 0. The van der Waals surface area contributed by atoms with Crippen molar-refractivity contribution in [2.24, 2.45) is 0 Å². The first-order chi connectivity index (χ1) is 11.2. The van der Waals surface area contributed by atoms with Crippen LogP contribution in [0.1, 0.15) is 12.6 Å². The number of hydrogen-bond donors (Lipinski definition) is 0. The molecule has 0 bridgehead atoms. The van der Waals surface area contributed by atoms with Gasteiger partial charge < -0.3 is 8.82 Å². The monoisotopic (exact) mass is 325 g/mol. The van der Waals surface area contributed by atoms with Crippen LogP contribution < -0.4 is 5.63 Å². The van der Waals surface area contributed by atoms with Crippen molar-refractivity contribution in [3.8, 4) is 11.3 Å². The number of hydrogen-bond acceptors (Lipinski definition) is 4. The van der Waals surface area contributed by atoms with E-state index in [4.69, 9.17) is 16.0 Å². The van der Waals surface area contributed by atoms with E-state index in [1.54, 1.807) is 22.7 Å². The summed E-state index contributed by atoms with van der Waals surface area (Å²) < 4.78 is 7.14. The Hall–Kier alpha value is -2.66. The van der Waals surface area contributed by atoms with Crippen molar-refractivity contribution < 1.29 is 4.42 Å². The minimum Gasteiger partial charge on any atom is -0.403 e. The zero-order chi connectivity index (χ0) is 16.0. The minimum atomic E-state index is -0.460. The number of aryl methyl sites for hydroxylation is 1. The van der Waals surface area contributed by atoms with Crippen molar-refractivity contribution in [3.05, 3.63) is 63.9 Å². The standard InChI is InChI=1S/C17H12ClN3O2/c1-2-11-6-5-10-8-12(17(22)23-16(10)19-11)14-9-21-7-3-4-13(18)15(21)20-14/h3-9H,2H2,1H3. The second-order valence-corrected chi connectivity index (χ2v) is 5.62. The fourth-order valence-electron chi connectivity index (χ4n) is 2.52. The fourth-order valence-corrected chi connectivity index (χ4v) is 2.73. The Labute approximate surface area is 136 Å². The van der Waals surface area contributed by atoms with Gasteiger partial charge in [-0.2, -0.15) is 0 Å². The van der Waals surface area contributed by atoms with E-state index in [2.05, 4.69) is 9.97 Å². The zero-order valence-corrected chi connectivity index (χ0v) is 13.0. The third kappa shape index (κ3) is 2.29. The molecule has 0 aliphatic heterocycles. The molecular formula is C17H12ClN3O2. The van der Waals surface area contributed by atoms with Gasteiger partial charge in [-0.1, -0.05) is 18.5 Å². The smallest absolute Gasteiger partial charge is 0.347 e. The maximum atomic E-state index is 12.3. The van der Waals surface area contributed by atoms with E-state index in [0.717, 1.165) is 17.5 Å². The highest BCUT2D eigenvalue weighted by atomic mass is 35.5. The summed E-state index contributed by atoms with van der Waals surface area (Å²) in [5.41, 5.74) is 2.28. The number of fused-ring (bicyclic) bond motifs is 2. The summed E-state index contributed by atoms with van der Waals surface area (Å²) in [6.45, 7) is 2.00. The Bertz CT molecular complexity index is 1100. The molecule has 23 heavy (non-hydrogen) atoms. The first-order valence-electron chi connectivity index (χ1n) is 7.23. The average Bonchev–Trinajstić information content (AvgIpc) is 2.99. The van der Waals surface area contributed by atoms with E-state index in [1.807, 2.05) is 31.3 Å². The molecule has 0 saturated carbocycles. The number of halogens is 1. The Balaban J connectivity index is 1.95. The highest BCUT2D eigenvalue weighted by Crippen LogP contribution is 2.23. The molecule has 0 fully saturated rings. The predicted molar refractivity (Wildman–Crippen MR) is 88.9 cm³/mol. The van der Waals surface area contributed by atoms with Gasteiger partial charge in [0.1, 0.15) is 0 Å². The molecule has 0 atom stereocenters. The Morgan fingerprint density at radius 1 is 1.26 bits per heavy atom. The molecule has 0 saturated heterocycles. The highest BCUT2D eigenvalue weighted by Gasteiger charge is 2.13. The number of nitrogens with zero attached hydrogens (tertiary/aromatic N) is 3. The second kappa shape index (κ2) is 5.21. The number of imidazole rings is 1. The van der Waals surface area contributed by atoms with E-state index >= 15 is 0 Å². The third-order valence-corrected chi connectivity index (χ3v) is 4.02. The van der Waals surface area contributed by atoms with Gasteiger partial charge in [0.2, 0.25) is 5.71 Å². The first-order valence-corrected chi connectivity index (χ1v) is 7.61. The van der Waals surface area contributed by atoms with Crippen LogP contribution in [0.25, 0.3) is 28.0 Å². The van der Waals surface area contributed by atoms with Crippen molar-refractivity contribution in [2.45, 2.75) is 13.3 Å². The molecule has 4 rings (SSSR count). The van der Waals surface area contributed by atoms with E-state index in [9.17, 15) is 4.79 Å². The van der Waals surface area contributed by atoms with Crippen molar-refractivity contribution >= 4 is 28.3 Å².